The topological polar surface area (TPSA) is 192 Å². The molecule has 0 aromatic rings. The normalized spacial score (nSPS) is 36.3. The summed E-state index contributed by atoms with van der Waals surface area (Å²) in [4.78, 5) is 23.3. The van der Waals surface area contributed by atoms with E-state index >= 15 is 0 Å². The Morgan fingerprint density at radius 1 is 1.17 bits per heavy atom. The maximum Gasteiger partial charge on any atom is 0.335 e. The van der Waals surface area contributed by atoms with Gasteiger partial charge in [0.05, 0.1) is 38.6 Å². The number of aliphatic hydroxyl groups is 5. The van der Waals surface area contributed by atoms with Crippen LogP contribution in [0.25, 0.3) is 0 Å². The lowest BCUT2D eigenvalue weighted by Crippen LogP contribution is -2.60. The van der Waals surface area contributed by atoms with E-state index in [0.29, 0.717) is 0 Å². The van der Waals surface area contributed by atoms with E-state index in [1.165, 1.54) is 6.08 Å². The number of hydrogen-bond donors (Lipinski definition) is 6. The van der Waals surface area contributed by atoms with E-state index in [1.54, 1.807) is 0 Å². The molecule has 1 fully saturated rings. The molecule has 29 heavy (non-hydrogen) atoms. The lowest BCUT2D eigenvalue weighted by atomic mass is 9.86. The molecule has 0 bridgehead atoms. The molecule has 0 amide bonds. The predicted octanol–water partition coefficient (Wildman–Crippen LogP) is -2.77. The number of carbonyl (C=O) groups excluding carboxylic acids is 1. The van der Waals surface area contributed by atoms with Gasteiger partial charge in [0.25, 0.3) is 0 Å². The zero-order valence-electron chi connectivity index (χ0n) is 15.5. The molecule has 12 nitrogen and oxygen atoms in total. The first-order valence-corrected chi connectivity index (χ1v) is 8.67. The second-order valence-corrected chi connectivity index (χ2v) is 6.40. The highest BCUT2D eigenvalue weighted by atomic mass is 16.8. The van der Waals surface area contributed by atoms with Crippen molar-refractivity contribution in [2.24, 2.45) is 5.92 Å². The molecule has 6 N–H and O–H groups in total. The maximum atomic E-state index is 11.7. The molecule has 0 aliphatic carbocycles. The number of methoxy groups -OCH3 is 1. The number of aliphatic carboxylic acids is 1. The van der Waals surface area contributed by atoms with Gasteiger partial charge in [-0.05, 0) is 0 Å². The van der Waals surface area contributed by atoms with Gasteiger partial charge in [-0.3, -0.25) is 4.79 Å². The van der Waals surface area contributed by atoms with Crippen molar-refractivity contribution in [3.8, 4) is 0 Å². The molecule has 164 valence electrons. The van der Waals surface area contributed by atoms with Crippen LogP contribution in [0.3, 0.4) is 0 Å². The Morgan fingerprint density at radius 3 is 2.41 bits per heavy atom. The van der Waals surface area contributed by atoms with Crippen LogP contribution in [0.5, 0.6) is 0 Å². The van der Waals surface area contributed by atoms with Gasteiger partial charge in [0.1, 0.15) is 24.4 Å². The summed E-state index contributed by atoms with van der Waals surface area (Å²) in [5.74, 6) is -3.16. The summed E-state index contributed by atoms with van der Waals surface area (Å²) in [6.45, 7) is -1.22. The molecule has 0 aromatic carbocycles. The Balaban J connectivity index is 2.30. The lowest BCUT2D eigenvalue weighted by Gasteiger charge is -2.41. The van der Waals surface area contributed by atoms with Crippen molar-refractivity contribution in [2.45, 2.75) is 43.4 Å². The van der Waals surface area contributed by atoms with Crippen LogP contribution in [0.1, 0.15) is 6.42 Å². The third-order valence-electron chi connectivity index (χ3n) is 4.65. The van der Waals surface area contributed by atoms with Gasteiger partial charge in [-0.2, -0.15) is 0 Å². The molecular weight excluding hydrogens is 396 g/mol. The molecule has 2 aliphatic rings. The van der Waals surface area contributed by atoms with Crippen LogP contribution in [0.2, 0.25) is 0 Å². The van der Waals surface area contributed by atoms with Crippen molar-refractivity contribution in [3.05, 3.63) is 23.5 Å². The number of rotatable bonds is 7. The average molecular weight is 420 g/mol. The van der Waals surface area contributed by atoms with Gasteiger partial charge in [0.15, 0.2) is 6.29 Å². The molecule has 0 aromatic heterocycles. The standard InChI is InChI=1S/C17H24O12/c1-26-11(20)4-8-7(2-3-18)16(27-6-9(8)15(24)25)29-17-14(23)13(22)12(21)10(5-19)28-17/h2,6,8,10,12-14,16-19,21-23H,3-5H2,1H3,(H,24,25)/b7-2+/t8-,10+,12+,13-,14+,16-,17-/m0/s1. The van der Waals surface area contributed by atoms with Gasteiger partial charge in [-0.25, -0.2) is 4.79 Å². The zero-order chi connectivity index (χ0) is 21.7. The van der Waals surface area contributed by atoms with Crippen molar-refractivity contribution >= 4 is 11.9 Å². The summed E-state index contributed by atoms with van der Waals surface area (Å²) in [6, 6.07) is 0. The monoisotopic (exact) mass is 420 g/mol. The second-order valence-electron chi connectivity index (χ2n) is 6.40. The third-order valence-corrected chi connectivity index (χ3v) is 4.65. The first-order valence-electron chi connectivity index (χ1n) is 8.67. The maximum absolute atomic E-state index is 11.7. The van der Waals surface area contributed by atoms with Crippen molar-refractivity contribution in [1.29, 1.82) is 0 Å². The van der Waals surface area contributed by atoms with Crippen LogP contribution in [0, 0.1) is 5.92 Å². The SMILES string of the molecule is COC(=O)C[C@@H]1C(C(=O)O)=CO[C@@H](O[C@@H]2O[C@H](CO)[C@@H](O)[C@H](O)[C@H]2O)/C1=C/CO. The smallest absolute Gasteiger partial charge is 0.335 e. The highest BCUT2D eigenvalue weighted by molar-refractivity contribution is 5.89. The minimum Gasteiger partial charge on any atom is -0.478 e. The minimum atomic E-state index is -1.73. The second kappa shape index (κ2) is 10.1. The van der Waals surface area contributed by atoms with Crippen molar-refractivity contribution in [3.63, 3.8) is 0 Å². The van der Waals surface area contributed by atoms with Crippen LogP contribution in [-0.4, -0.2) is 99.9 Å². The summed E-state index contributed by atoms with van der Waals surface area (Å²) in [5.41, 5.74) is -0.237. The predicted molar refractivity (Wildman–Crippen MR) is 90.7 cm³/mol. The largest absolute Gasteiger partial charge is 0.478 e. The van der Waals surface area contributed by atoms with E-state index in [1.807, 2.05) is 0 Å². The molecule has 7 atom stereocenters. The number of aliphatic hydroxyl groups excluding tert-OH is 5. The quantitative estimate of drug-likeness (QED) is 0.184. The molecule has 0 unspecified atom stereocenters. The average Bonchev–Trinajstić information content (AvgIpc) is 2.70. The Labute approximate surface area is 165 Å². The van der Waals surface area contributed by atoms with Gasteiger partial charge in [0.2, 0.25) is 6.29 Å². The van der Waals surface area contributed by atoms with E-state index in [9.17, 15) is 40.2 Å². The van der Waals surface area contributed by atoms with E-state index in [4.69, 9.17) is 14.2 Å². The summed E-state index contributed by atoms with van der Waals surface area (Å²) in [5, 5.41) is 57.8. The molecule has 1 saturated heterocycles. The summed E-state index contributed by atoms with van der Waals surface area (Å²) in [6.07, 6.45) is -7.58. The molecule has 12 heteroatoms. The van der Waals surface area contributed by atoms with Gasteiger partial charge < -0.3 is 49.6 Å². The van der Waals surface area contributed by atoms with E-state index < -0.39 is 74.5 Å². The van der Waals surface area contributed by atoms with Crippen LogP contribution in [-0.2, 0) is 28.5 Å². The van der Waals surface area contributed by atoms with Gasteiger partial charge >= 0.3 is 11.9 Å². The number of esters is 1. The number of carboxylic acid groups (broad SMARTS) is 1. The van der Waals surface area contributed by atoms with Gasteiger partial charge in [-0.1, -0.05) is 6.08 Å². The number of carbonyl (C=O) groups is 2. The first-order chi connectivity index (χ1) is 13.7. The number of hydrogen-bond acceptors (Lipinski definition) is 11. The van der Waals surface area contributed by atoms with Crippen LogP contribution >= 0.6 is 0 Å². The van der Waals surface area contributed by atoms with E-state index in [-0.39, 0.29) is 11.1 Å². The highest BCUT2D eigenvalue weighted by Crippen LogP contribution is 2.35. The fourth-order valence-electron chi connectivity index (χ4n) is 3.07. The summed E-state index contributed by atoms with van der Waals surface area (Å²) >= 11 is 0. The Hall–Kier alpha value is -2.06. The van der Waals surface area contributed by atoms with Crippen LogP contribution in [0.4, 0.5) is 0 Å². The molecule has 2 aliphatic heterocycles. The Bertz CT molecular complexity index is 657. The fourth-order valence-corrected chi connectivity index (χ4v) is 3.07. The van der Waals surface area contributed by atoms with Gasteiger partial charge in [-0.15, -0.1) is 0 Å². The molecule has 0 saturated carbocycles. The van der Waals surface area contributed by atoms with Crippen LogP contribution in [0.15, 0.2) is 23.5 Å². The van der Waals surface area contributed by atoms with Crippen LogP contribution < -0.4 is 0 Å². The van der Waals surface area contributed by atoms with Crippen molar-refractivity contribution < 1.29 is 59.2 Å². The summed E-state index contributed by atoms with van der Waals surface area (Å²) < 4.78 is 20.6. The Morgan fingerprint density at radius 2 is 1.86 bits per heavy atom. The molecule has 2 heterocycles. The zero-order valence-corrected chi connectivity index (χ0v) is 15.5. The van der Waals surface area contributed by atoms with Crippen molar-refractivity contribution in [2.75, 3.05) is 20.3 Å². The first kappa shape index (κ1) is 23.2. The minimum absolute atomic E-state index is 0.0507. The Kier molecular flexibility index (Phi) is 8.10. The lowest BCUT2D eigenvalue weighted by molar-refractivity contribution is -0.327. The summed E-state index contributed by atoms with van der Waals surface area (Å²) in [7, 11) is 1.13. The third kappa shape index (κ3) is 5.11. The molecular formula is C17H24O12. The number of ether oxygens (including phenoxy) is 4. The van der Waals surface area contributed by atoms with Crippen molar-refractivity contribution in [1.82, 2.24) is 0 Å². The highest BCUT2D eigenvalue weighted by Gasteiger charge is 2.46. The van der Waals surface area contributed by atoms with E-state index in [0.717, 1.165) is 13.4 Å². The molecule has 2 rings (SSSR count). The molecule has 0 radical (unpaired) electrons. The fraction of sp³-hybridized carbons (Fsp3) is 0.647. The van der Waals surface area contributed by atoms with Gasteiger partial charge in [0, 0.05) is 11.5 Å². The van der Waals surface area contributed by atoms with E-state index in [2.05, 4.69) is 4.74 Å². The number of carboxylic acids is 1. The molecule has 0 spiro atoms.